The molecule has 1 heterocycles. The highest BCUT2D eigenvalue weighted by Gasteiger charge is 2.21. The van der Waals surface area contributed by atoms with E-state index in [1.54, 1.807) is 12.1 Å². The van der Waals surface area contributed by atoms with Crippen LogP contribution in [-0.4, -0.2) is 21.0 Å². The highest BCUT2D eigenvalue weighted by molar-refractivity contribution is 5.88. The van der Waals surface area contributed by atoms with E-state index < -0.39 is 23.7 Å². The first-order chi connectivity index (χ1) is 10.4. The molecule has 0 aliphatic rings. The number of nitrogens with zero attached hydrogens (tertiary/aromatic N) is 2. The molecule has 0 bridgehead atoms. The lowest BCUT2D eigenvalue weighted by Crippen LogP contribution is -2.08. The van der Waals surface area contributed by atoms with Gasteiger partial charge < -0.3 is 5.11 Å². The van der Waals surface area contributed by atoms with Gasteiger partial charge in [0, 0.05) is 11.8 Å². The van der Waals surface area contributed by atoms with E-state index in [4.69, 9.17) is 5.11 Å². The third-order valence-corrected chi connectivity index (χ3v) is 3.11. The van der Waals surface area contributed by atoms with E-state index in [1.165, 1.54) is 0 Å². The van der Waals surface area contributed by atoms with E-state index in [0.29, 0.717) is 11.5 Å². The predicted molar refractivity (Wildman–Crippen MR) is 77.9 cm³/mol. The van der Waals surface area contributed by atoms with Crippen molar-refractivity contribution in [2.75, 3.05) is 0 Å². The topological polar surface area (TPSA) is 63.1 Å². The molecule has 0 amide bonds. The molecule has 1 aromatic carbocycles. The summed E-state index contributed by atoms with van der Waals surface area (Å²) in [4.78, 5) is 18.5. The number of carboxylic acid groups (broad SMARTS) is 1. The smallest absolute Gasteiger partial charge is 0.339 e. The molecule has 0 atom stereocenters. The molecule has 22 heavy (non-hydrogen) atoms. The zero-order chi connectivity index (χ0) is 16.3. The van der Waals surface area contributed by atoms with Crippen LogP contribution in [0.5, 0.6) is 0 Å². The fraction of sp³-hybridized carbons (Fsp3) is 0.312. The first-order valence-electron chi connectivity index (χ1n) is 6.86. The standard InChI is InChI=1S/C16H16F2N2O2/c1-9(2)7-10-3-5-11(6-4-10)15-19-8-12(16(21)22)13(20-15)14(17)18/h3-6,8-9,14H,7H2,1-2H3,(H,21,22). The molecule has 2 aromatic rings. The van der Waals surface area contributed by atoms with Crippen molar-refractivity contribution in [3.05, 3.63) is 47.3 Å². The maximum Gasteiger partial charge on any atom is 0.339 e. The average molecular weight is 306 g/mol. The molecule has 0 aliphatic heterocycles. The number of hydrogen-bond acceptors (Lipinski definition) is 3. The number of alkyl halides is 2. The number of rotatable bonds is 5. The van der Waals surface area contributed by atoms with Crippen LogP contribution in [0.4, 0.5) is 8.78 Å². The largest absolute Gasteiger partial charge is 0.478 e. The van der Waals surface area contributed by atoms with Gasteiger partial charge in [-0.1, -0.05) is 38.1 Å². The Bertz CT molecular complexity index is 670. The second kappa shape index (κ2) is 6.60. The van der Waals surface area contributed by atoms with Crippen LogP contribution < -0.4 is 0 Å². The molecular weight excluding hydrogens is 290 g/mol. The van der Waals surface area contributed by atoms with Crippen molar-refractivity contribution in [3.8, 4) is 11.4 Å². The van der Waals surface area contributed by atoms with E-state index in [-0.39, 0.29) is 5.82 Å². The molecule has 0 aliphatic carbocycles. The van der Waals surface area contributed by atoms with Crippen molar-refractivity contribution in [1.29, 1.82) is 0 Å². The third kappa shape index (κ3) is 3.63. The Hall–Kier alpha value is -2.37. The Balaban J connectivity index is 2.36. The molecule has 0 saturated carbocycles. The number of carbonyl (C=O) groups is 1. The molecular formula is C16H16F2N2O2. The second-order valence-electron chi connectivity index (χ2n) is 5.39. The van der Waals surface area contributed by atoms with Crippen LogP contribution in [0.15, 0.2) is 30.5 Å². The summed E-state index contributed by atoms with van der Waals surface area (Å²) in [7, 11) is 0. The Morgan fingerprint density at radius 3 is 2.36 bits per heavy atom. The lowest BCUT2D eigenvalue weighted by molar-refractivity contribution is 0.0681. The lowest BCUT2D eigenvalue weighted by atomic mass is 10.0. The summed E-state index contributed by atoms with van der Waals surface area (Å²) in [5.74, 6) is -0.854. The minimum Gasteiger partial charge on any atom is -0.478 e. The van der Waals surface area contributed by atoms with E-state index in [1.807, 2.05) is 12.1 Å². The van der Waals surface area contributed by atoms with E-state index in [9.17, 15) is 13.6 Å². The number of hydrogen-bond donors (Lipinski definition) is 1. The van der Waals surface area contributed by atoms with Gasteiger partial charge in [0.25, 0.3) is 6.43 Å². The van der Waals surface area contributed by atoms with Gasteiger partial charge in [-0.3, -0.25) is 0 Å². The van der Waals surface area contributed by atoms with Gasteiger partial charge in [0.2, 0.25) is 0 Å². The predicted octanol–water partition coefficient (Wildman–Crippen LogP) is 3.98. The maximum absolute atomic E-state index is 12.9. The monoisotopic (exact) mass is 306 g/mol. The van der Waals surface area contributed by atoms with Crippen molar-refractivity contribution in [3.63, 3.8) is 0 Å². The van der Waals surface area contributed by atoms with Crippen molar-refractivity contribution in [2.24, 2.45) is 5.92 Å². The molecule has 0 spiro atoms. The number of carboxylic acids is 1. The Kier molecular flexibility index (Phi) is 4.80. The number of benzene rings is 1. The molecule has 1 N–H and O–H groups in total. The number of aromatic nitrogens is 2. The van der Waals surface area contributed by atoms with Gasteiger partial charge >= 0.3 is 5.97 Å². The molecule has 4 nitrogen and oxygen atoms in total. The summed E-state index contributed by atoms with van der Waals surface area (Å²) < 4.78 is 25.9. The van der Waals surface area contributed by atoms with Gasteiger partial charge in [-0.15, -0.1) is 0 Å². The fourth-order valence-corrected chi connectivity index (χ4v) is 2.13. The summed E-state index contributed by atoms with van der Waals surface area (Å²) in [6.07, 6.45) is -1.12. The van der Waals surface area contributed by atoms with Gasteiger partial charge in [-0.05, 0) is 17.9 Å². The van der Waals surface area contributed by atoms with Crippen LogP contribution in [0.25, 0.3) is 11.4 Å². The summed E-state index contributed by atoms with van der Waals surface area (Å²) in [6, 6.07) is 7.29. The van der Waals surface area contributed by atoms with Crippen molar-refractivity contribution < 1.29 is 18.7 Å². The van der Waals surface area contributed by atoms with Crippen LogP contribution in [0, 0.1) is 5.92 Å². The van der Waals surface area contributed by atoms with Crippen LogP contribution in [0.3, 0.4) is 0 Å². The fourth-order valence-electron chi connectivity index (χ4n) is 2.13. The van der Waals surface area contributed by atoms with Crippen molar-refractivity contribution in [1.82, 2.24) is 9.97 Å². The van der Waals surface area contributed by atoms with Crippen LogP contribution in [0.1, 0.15) is 41.9 Å². The van der Waals surface area contributed by atoms with Gasteiger partial charge in [-0.2, -0.15) is 0 Å². The number of halogens is 2. The molecule has 0 saturated heterocycles. The maximum atomic E-state index is 12.9. The lowest BCUT2D eigenvalue weighted by Gasteiger charge is -2.08. The first kappa shape index (κ1) is 16.0. The summed E-state index contributed by atoms with van der Waals surface area (Å²) in [5.41, 5.74) is 0.375. The normalized spacial score (nSPS) is 11.2. The zero-order valence-electron chi connectivity index (χ0n) is 12.3. The zero-order valence-corrected chi connectivity index (χ0v) is 12.3. The highest BCUT2D eigenvalue weighted by Crippen LogP contribution is 2.24. The molecule has 116 valence electrons. The third-order valence-electron chi connectivity index (χ3n) is 3.11. The number of aromatic carboxylic acids is 1. The first-order valence-corrected chi connectivity index (χ1v) is 6.86. The minimum absolute atomic E-state index is 0.0939. The SMILES string of the molecule is CC(C)Cc1ccc(-c2ncc(C(=O)O)c(C(F)F)n2)cc1. The second-order valence-corrected chi connectivity index (χ2v) is 5.39. The van der Waals surface area contributed by atoms with E-state index >= 15 is 0 Å². The van der Waals surface area contributed by atoms with Crippen molar-refractivity contribution in [2.45, 2.75) is 26.7 Å². The molecule has 2 rings (SSSR count). The van der Waals surface area contributed by atoms with Crippen LogP contribution >= 0.6 is 0 Å². The molecule has 0 radical (unpaired) electrons. The van der Waals surface area contributed by atoms with Crippen molar-refractivity contribution >= 4 is 5.97 Å². The summed E-state index contributed by atoms with van der Waals surface area (Å²) in [5, 5.41) is 8.88. The van der Waals surface area contributed by atoms with Crippen LogP contribution in [0.2, 0.25) is 0 Å². The van der Waals surface area contributed by atoms with Gasteiger partial charge in [-0.25, -0.2) is 23.5 Å². The van der Waals surface area contributed by atoms with Crippen LogP contribution in [-0.2, 0) is 6.42 Å². The quantitative estimate of drug-likeness (QED) is 0.907. The highest BCUT2D eigenvalue weighted by atomic mass is 19.3. The summed E-state index contributed by atoms with van der Waals surface area (Å²) in [6.45, 7) is 4.22. The molecule has 1 aromatic heterocycles. The molecule has 0 fully saturated rings. The Labute approximate surface area is 126 Å². The van der Waals surface area contributed by atoms with Gasteiger partial charge in [0.1, 0.15) is 11.3 Å². The van der Waals surface area contributed by atoms with E-state index in [0.717, 1.165) is 18.2 Å². The van der Waals surface area contributed by atoms with Gasteiger partial charge in [0.15, 0.2) is 5.82 Å². The molecule has 6 heteroatoms. The van der Waals surface area contributed by atoms with E-state index in [2.05, 4.69) is 23.8 Å². The Morgan fingerprint density at radius 1 is 1.23 bits per heavy atom. The molecule has 0 unspecified atom stereocenters. The van der Waals surface area contributed by atoms with Gasteiger partial charge in [0.05, 0.1) is 0 Å². The Morgan fingerprint density at radius 2 is 1.86 bits per heavy atom. The minimum atomic E-state index is -2.96. The summed E-state index contributed by atoms with van der Waals surface area (Å²) >= 11 is 0. The average Bonchev–Trinajstić information content (AvgIpc) is 2.46.